The van der Waals surface area contributed by atoms with E-state index >= 15 is 0 Å². The second kappa shape index (κ2) is 9.18. The molecule has 10 heteroatoms. The lowest BCUT2D eigenvalue weighted by Crippen LogP contribution is -2.32. The summed E-state index contributed by atoms with van der Waals surface area (Å²) >= 11 is 0. The molecule has 1 saturated carbocycles. The molecule has 9 nitrogen and oxygen atoms in total. The normalized spacial score (nSPS) is 17.2. The number of rotatable bonds is 8. The summed E-state index contributed by atoms with van der Waals surface area (Å²) in [5.41, 5.74) is 0.942. The predicted molar refractivity (Wildman–Crippen MR) is 125 cm³/mol. The Balaban J connectivity index is 1.61. The van der Waals surface area contributed by atoms with Gasteiger partial charge in [-0.25, -0.2) is 13.1 Å². The summed E-state index contributed by atoms with van der Waals surface area (Å²) in [6.45, 7) is 4.92. The largest absolute Gasteiger partial charge is 0.486 e. The van der Waals surface area contributed by atoms with E-state index in [0.29, 0.717) is 25.4 Å². The van der Waals surface area contributed by atoms with Crippen molar-refractivity contribution in [1.29, 1.82) is 0 Å². The number of fused-ring (bicyclic) bond motifs is 1. The van der Waals surface area contributed by atoms with Crippen LogP contribution in [0.1, 0.15) is 45.1 Å². The van der Waals surface area contributed by atoms with Crippen LogP contribution in [-0.4, -0.2) is 39.1 Å². The average molecular weight is 476 g/mol. The van der Waals surface area contributed by atoms with E-state index in [9.17, 15) is 18.5 Å². The van der Waals surface area contributed by atoms with Crippen molar-refractivity contribution in [3.8, 4) is 11.5 Å². The van der Waals surface area contributed by atoms with Crippen molar-refractivity contribution < 1.29 is 22.8 Å². The van der Waals surface area contributed by atoms with Gasteiger partial charge >= 0.3 is 0 Å². The van der Waals surface area contributed by atoms with E-state index in [1.165, 1.54) is 12.1 Å². The molecule has 33 heavy (non-hydrogen) atoms. The van der Waals surface area contributed by atoms with Crippen molar-refractivity contribution in [2.24, 2.45) is 0 Å². The molecule has 2 aromatic carbocycles. The molecule has 0 saturated heterocycles. The van der Waals surface area contributed by atoms with Crippen LogP contribution in [0, 0.1) is 10.1 Å². The van der Waals surface area contributed by atoms with E-state index in [-0.39, 0.29) is 22.0 Å². The van der Waals surface area contributed by atoms with E-state index in [2.05, 4.69) is 10.0 Å². The molecule has 0 amide bonds. The standard InChI is InChI=1S/C23H29N3O6S/c1-16(2)25-33(29,30)18-6-7-19(20(14-18)26(27)28)24-15-23(9-3-4-10-23)17-5-8-21-22(13-17)32-12-11-31-21/h5-8,13-14,16,24-25H,3-4,9-12,15H2,1-2H3. The number of nitro benzene ring substituents is 1. The Morgan fingerprint density at radius 1 is 1.06 bits per heavy atom. The highest BCUT2D eigenvalue weighted by Crippen LogP contribution is 2.44. The molecule has 1 aliphatic heterocycles. The van der Waals surface area contributed by atoms with E-state index in [4.69, 9.17) is 9.47 Å². The Morgan fingerprint density at radius 3 is 2.42 bits per heavy atom. The third kappa shape index (κ3) is 4.91. The Labute approximate surface area is 193 Å². The number of hydrogen-bond donors (Lipinski definition) is 2. The summed E-state index contributed by atoms with van der Waals surface area (Å²) in [7, 11) is -3.83. The van der Waals surface area contributed by atoms with Crippen LogP contribution in [0.4, 0.5) is 11.4 Å². The zero-order valence-electron chi connectivity index (χ0n) is 18.8. The second-order valence-electron chi connectivity index (χ2n) is 8.91. The molecule has 0 atom stereocenters. The molecule has 1 fully saturated rings. The lowest BCUT2D eigenvalue weighted by molar-refractivity contribution is -0.384. The fourth-order valence-electron chi connectivity index (χ4n) is 4.61. The third-order valence-electron chi connectivity index (χ3n) is 6.20. The maximum atomic E-state index is 12.5. The first-order valence-corrected chi connectivity index (χ1v) is 12.6. The van der Waals surface area contributed by atoms with Gasteiger partial charge in [-0.3, -0.25) is 10.1 Å². The van der Waals surface area contributed by atoms with Crippen molar-refractivity contribution in [3.05, 3.63) is 52.1 Å². The van der Waals surface area contributed by atoms with Crippen LogP contribution in [0.2, 0.25) is 0 Å². The number of sulfonamides is 1. The zero-order valence-corrected chi connectivity index (χ0v) is 19.6. The molecular formula is C23H29N3O6S. The van der Waals surface area contributed by atoms with Crippen LogP contribution in [-0.2, 0) is 15.4 Å². The molecule has 2 aromatic rings. The number of nitrogens with one attached hydrogen (secondary N) is 2. The number of hydrogen-bond acceptors (Lipinski definition) is 7. The summed E-state index contributed by atoms with van der Waals surface area (Å²) < 4.78 is 38.8. The van der Waals surface area contributed by atoms with Crippen molar-refractivity contribution >= 4 is 21.4 Å². The molecule has 0 radical (unpaired) electrons. The van der Waals surface area contributed by atoms with Gasteiger partial charge in [0.1, 0.15) is 18.9 Å². The molecule has 0 bridgehead atoms. The van der Waals surface area contributed by atoms with Gasteiger partial charge in [-0.15, -0.1) is 0 Å². The Hall–Kier alpha value is -2.85. The number of benzene rings is 2. The lowest BCUT2D eigenvalue weighted by Gasteiger charge is -2.31. The van der Waals surface area contributed by atoms with Crippen LogP contribution < -0.4 is 19.5 Å². The lowest BCUT2D eigenvalue weighted by atomic mass is 9.78. The van der Waals surface area contributed by atoms with Gasteiger partial charge in [0.15, 0.2) is 11.5 Å². The minimum Gasteiger partial charge on any atom is -0.486 e. The Bertz CT molecular complexity index is 1140. The number of ether oxygens (including phenoxy) is 2. The van der Waals surface area contributed by atoms with Crippen LogP contribution in [0.25, 0.3) is 0 Å². The first kappa shape index (κ1) is 23.3. The minimum absolute atomic E-state index is 0.129. The molecule has 2 aliphatic rings. The maximum Gasteiger partial charge on any atom is 0.293 e. The summed E-state index contributed by atoms with van der Waals surface area (Å²) in [4.78, 5) is 11.1. The highest BCUT2D eigenvalue weighted by Gasteiger charge is 2.37. The average Bonchev–Trinajstić information content (AvgIpc) is 3.26. The molecule has 2 N–H and O–H groups in total. The summed E-state index contributed by atoms with van der Waals surface area (Å²) in [6.07, 6.45) is 4.02. The topological polar surface area (TPSA) is 120 Å². The van der Waals surface area contributed by atoms with Crippen LogP contribution in [0.5, 0.6) is 11.5 Å². The number of nitro groups is 1. The highest BCUT2D eigenvalue weighted by atomic mass is 32.2. The van der Waals surface area contributed by atoms with E-state index < -0.39 is 14.9 Å². The van der Waals surface area contributed by atoms with Gasteiger partial charge in [0.25, 0.3) is 5.69 Å². The van der Waals surface area contributed by atoms with Gasteiger partial charge in [0.2, 0.25) is 10.0 Å². The molecule has 0 aromatic heterocycles. The van der Waals surface area contributed by atoms with Crippen molar-refractivity contribution in [3.63, 3.8) is 0 Å². The Kier molecular flexibility index (Phi) is 6.49. The molecule has 0 unspecified atom stereocenters. The fourth-order valence-corrected chi connectivity index (χ4v) is 5.89. The number of nitrogens with zero attached hydrogens (tertiary/aromatic N) is 1. The molecule has 1 heterocycles. The predicted octanol–water partition coefficient (Wildman–Crippen LogP) is 3.98. The molecule has 0 spiro atoms. The minimum atomic E-state index is -3.83. The molecule has 178 valence electrons. The fraction of sp³-hybridized carbons (Fsp3) is 0.478. The second-order valence-corrected chi connectivity index (χ2v) is 10.6. The monoisotopic (exact) mass is 475 g/mol. The van der Waals surface area contributed by atoms with E-state index in [1.807, 2.05) is 18.2 Å². The van der Waals surface area contributed by atoms with Crippen molar-refractivity contribution in [2.45, 2.75) is 55.9 Å². The first-order chi connectivity index (χ1) is 15.7. The SMILES string of the molecule is CC(C)NS(=O)(=O)c1ccc(NCC2(c3ccc4c(c3)OCCO4)CCCC2)c([N+](=O)[O-])c1. The molecular weight excluding hydrogens is 446 g/mol. The van der Waals surface area contributed by atoms with Crippen LogP contribution >= 0.6 is 0 Å². The van der Waals surface area contributed by atoms with Gasteiger partial charge in [-0.1, -0.05) is 18.9 Å². The zero-order chi connectivity index (χ0) is 23.6. The van der Waals surface area contributed by atoms with Crippen molar-refractivity contribution in [1.82, 2.24) is 4.72 Å². The van der Waals surface area contributed by atoms with E-state index in [1.54, 1.807) is 13.8 Å². The highest BCUT2D eigenvalue weighted by molar-refractivity contribution is 7.89. The first-order valence-electron chi connectivity index (χ1n) is 11.1. The van der Waals surface area contributed by atoms with Crippen LogP contribution in [0.3, 0.4) is 0 Å². The third-order valence-corrected chi connectivity index (χ3v) is 7.86. The van der Waals surface area contributed by atoms with E-state index in [0.717, 1.165) is 48.8 Å². The van der Waals surface area contributed by atoms with Gasteiger partial charge in [0, 0.05) is 24.1 Å². The Morgan fingerprint density at radius 2 is 1.76 bits per heavy atom. The molecule has 1 aliphatic carbocycles. The number of anilines is 1. The summed E-state index contributed by atoms with van der Waals surface area (Å²) in [6, 6.07) is 9.64. The van der Waals surface area contributed by atoms with Gasteiger partial charge in [-0.05, 0) is 56.5 Å². The quantitative estimate of drug-likeness (QED) is 0.438. The van der Waals surface area contributed by atoms with Crippen molar-refractivity contribution in [2.75, 3.05) is 25.1 Å². The summed E-state index contributed by atoms with van der Waals surface area (Å²) in [5.74, 6) is 1.46. The van der Waals surface area contributed by atoms with Crippen LogP contribution in [0.15, 0.2) is 41.3 Å². The molecule has 4 rings (SSSR count). The maximum absolute atomic E-state index is 12.5. The smallest absolute Gasteiger partial charge is 0.293 e. The summed E-state index contributed by atoms with van der Waals surface area (Å²) in [5, 5.41) is 15.0. The van der Waals surface area contributed by atoms with Gasteiger partial charge in [-0.2, -0.15) is 0 Å². The van der Waals surface area contributed by atoms with Gasteiger partial charge in [0.05, 0.1) is 9.82 Å². The van der Waals surface area contributed by atoms with Gasteiger partial charge < -0.3 is 14.8 Å².